The van der Waals surface area contributed by atoms with Gasteiger partial charge in [0.25, 0.3) is 0 Å². The van der Waals surface area contributed by atoms with Gasteiger partial charge in [0.05, 0.1) is 13.3 Å². The summed E-state index contributed by atoms with van der Waals surface area (Å²) in [7, 11) is 0. The Hall–Kier alpha value is -1.10. The van der Waals surface area contributed by atoms with Crippen molar-refractivity contribution >= 4 is 17.5 Å². The highest BCUT2D eigenvalue weighted by Crippen LogP contribution is 2.41. The molecule has 124 valence electrons. The second kappa shape index (κ2) is 6.08. The van der Waals surface area contributed by atoms with E-state index in [0.29, 0.717) is 18.6 Å². The van der Waals surface area contributed by atoms with E-state index in [2.05, 4.69) is 22.3 Å². The number of nitrogens with one attached hydrogen (secondary N) is 1. The van der Waals surface area contributed by atoms with Crippen LogP contribution in [0.2, 0.25) is 5.02 Å². The van der Waals surface area contributed by atoms with Gasteiger partial charge in [-0.3, -0.25) is 10.1 Å². The van der Waals surface area contributed by atoms with Crippen LogP contribution in [0.5, 0.6) is 0 Å². The summed E-state index contributed by atoms with van der Waals surface area (Å²) in [4.78, 5) is 14.7. The van der Waals surface area contributed by atoms with Crippen LogP contribution < -0.4 is 5.32 Å². The highest BCUT2D eigenvalue weighted by Gasteiger charge is 2.50. The largest absolute Gasteiger partial charge is 0.364 e. The summed E-state index contributed by atoms with van der Waals surface area (Å²) < 4.78 is 5.40. The first kappa shape index (κ1) is 15.4. The van der Waals surface area contributed by atoms with Gasteiger partial charge in [0.2, 0.25) is 5.91 Å². The maximum absolute atomic E-state index is 12.7. The Bertz CT molecular complexity index is 584. The molecule has 4 nitrogen and oxygen atoms in total. The normalized spacial score (nSPS) is 31.3. The van der Waals surface area contributed by atoms with Gasteiger partial charge < -0.3 is 9.64 Å². The van der Waals surface area contributed by atoms with Gasteiger partial charge in [0, 0.05) is 29.6 Å². The number of carbonyl (C=O) groups excluding carboxylic acids is 1. The molecule has 4 rings (SSSR count). The number of benzene rings is 1. The summed E-state index contributed by atoms with van der Waals surface area (Å²) in [5.41, 5.74) is 1.40. The van der Waals surface area contributed by atoms with Crippen LogP contribution in [0.15, 0.2) is 24.3 Å². The maximum atomic E-state index is 12.7. The molecule has 5 heteroatoms. The molecule has 2 saturated heterocycles. The molecule has 1 spiro atoms. The molecule has 1 N–H and O–H groups in total. The van der Waals surface area contributed by atoms with Gasteiger partial charge in [0.15, 0.2) is 0 Å². The van der Waals surface area contributed by atoms with Crippen molar-refractivity contribution in [1.82, 2.24) is 10.2 Å². The highest BCUT2D eigenvalue weighted by molar-refractivity contribution is 6.30. The summed E-state index contributed by atoms with van der Waals surface area (Å²) in [6.07, 6.45) is 3.93. The van der Waals surface area contributed by atoms with Crippen molar-refractivity contribution in [1.29, 1.82) is 0 Å². The molecule has 0 radical (unpaired) electrons. The van der Waals surface area contributed by atoms with Crippen molar-refractivity contribution in [3.63, 3.8) is 0 Å². The molecule has 0 bridgehead atoms. The number of amides is 1. The van der Waals surface area contributed by atoms with Gasteiger partial charge in [-0.2, -0.15) is 0 Å². The summed E-state index contributed by atoms with van der Waals surface area (Å²) in [5, 5.41) is 4.18. The number of nitrogens with zero attached hydrogens (tertiary/aromatic N) is 1. The molecule has 2 aliphatic heterocycles. The zero-order chi connectivity index (χ0) is 15.9. The lowest BCUT2D eigenvalue weighted by atomic mass is 9.68. The predicted octanol–water partition coefficient (Wildman–Crippen LogP) is 2.77. The van der Waals surface area contributed by atoms with Gasteiger partial charge in [0.1, 0.15) is 0 Å². The zero-order valence-corrected chi connectivity index (χ0v) is 14.0. The summed E-state index contributed by atoms with van der Waals surface area (Å²) in [6.45, 7) is 3.12. The molecule has 0 atom stereocenters. The third-order valence-electron chi connectivity index (χ3n) is 5.68. The first-order valence-corrected chi connectivity index (χ1v) is 8.90. The molecule has 1 aromatic carbocycles. The molecule has 3 fully saturated rings. The fourth-order valence-electron chi connectivity index (χ4n) is 4.27. The minimum absolute atomic E-state index is 0.0967. The number of halogens is 1. The fraction of sp³-hybridized carbons (Fsp3) is 0.611. The lowest BCUT2D eigenvalue weighted by molar-refractivity contribution is -0.142. The average molecular weight is 335 g/mol. The molecule has 3 aliphatic rings. The summed E-state index contributed by atoms with van der Waals surface area (Å²) in [6, 6.07) is 8.14. The van der Waals surface area contributed by atoms with Crippen LogP contribution in [0.25, 0.3) is 0 Å². The lowest BCUT2D eigenvalue weighted by Crippen LogP contribution is -2.58. The molecular weight excluding hydrogens is 312 g/mol. The number of piperidine rings is 1. The van der Waals surface area contributed by atoms with Crippen LogP contribution in [0.3, 0.4) is 0 Å². The molecule has 23 heavy (non-hydrogen) atoms. The quantitative estimate of drug-likeness (QED) is 0.904. The summed E-state index contributed by atoms with van der Waals surface area (Å²) in [5.74, 6) is 1.05. The Morgan fingerprint density at radius 1 is 1.30 bits per heavy atom. The van der Waals surface area contributed by atoms with E-state index in [1.54, 1.807) is 0 Å². The van der Waals surface area contributed by atoms with Crippen molar-refractivity contribution in [3.8, 4) is 0 Å². The topological polar surface area (TPSA) is 41.6 Å². The minimum Gasteiger partial charge on any atom is -0.364 e. The number of likely N-dealkylation sites (tertiary alicyclic amines) is 1. The number of ether oxygens (including phenoxy) is 1. The number of hydrogen-bond donors (Lipinski definition) is 1. The molecule has 1 aliphatic carbocycles. The van der Waals surface area contributed by atoms with Crippen molar-refractivity contribution in [2.75, 3.05) is 26.4 Å². The van der Waals surface area contributed by atoms with Gasteiger partial charge in [-0.1, -0.05) is 23.7 Å². The maximum Gasteiger partial charge on any atom is 0.225 e. The Morgan fingerprint density at radius 3 is 2.74 bits per heavy atom. The minimum atomic E-state index is 0.0967. The second-order valence-electron chi connectivity index (χ2n) is 7.21. The van der Waals surface area contributed by atoms with Gasteiger partial charge in [-0.05, 0) is 49.3 Å². The molecule has 1 aromatic rings. The van der Waals surface area contributed by atoms with Crippen molar-refractivity contribution in [3.05, 3.63) is 34.9 Å². The standard InChI is InChI=1S/C18H23ClN2O2/c19-16-3-1-2-14(8-16)13-4-6-21(7-5-13)17(22)15-9-18(10-15)11-23-12-20-18/h1-3,8,13,15,20H,4-7,9-12H2/t15-,18+. The SMILES string of the molecule is O=C([C@H]1C[C@]2(COCN2)C1)N1CCC(c2cccc(Cl)c2)CC1. The number of carbonyl (C=O) groups is 1. The van der Waals surface area contributed by atoms with E-state index in [1.807, 2.05) is 12.1 Å². The first-order valence-electron chi connectivity index (χ1n) is 8.52. The Kier molecular flexibility index (Phi) is 4.08. The van der Waals surface area contributed by atoms with Gasteiger partial charge in [-0.25, -0.2) is 0 Å². The first-order chi connectivity index (χ1) is 11.2. The van der Waals surface area contributed by atoms with Crippen molar-refractivity contribution < 1.29 is 9.53 Å². The zero-order valence-electron chi connectivity index (χ0n) is 13.3. The van der Waals surface area contributed by atoms with E-state index in [4.69, 9.17) is 16.3 Å². The van der Waals surface area contributed by atoms with Gasteiger partial charge in [-0.15, -0.1) is 0 Å². The fourth-order valence-corrected chi connectivity index (χ4v) is 4.47. The molecule has 0 aromatic heterocycles. The number of hydrogen-bond acceptors (Lipinski definition) is 3. The Labute approximate surface area is 142 Å². The molecule has 1 saturated carbocycles. The van der Waals surface area contributed by atoms with Crippen LogP contribution >= 0.6 is 11.6 Å². The van der Waals surface area contributed by atoms with Crippen LogP contribution in [-0.4, -0.2) is 42.8 Å². The van der Waals surface area contributed by atoms with Crippen molar-refractivity contribution in [2.24, 2.45) is 5.92 Å². The van der Waals surface area contributed by atoms with E-state index in [-0.39, 0.29) is 11.5 Å². The average Bonchev–Trinajstić information content (AvgIpc) is 3.03. The van der Waals surface area contributed by atoms with Crippen molar-refractivity contribution in [2.45, 2.75) is 37.1 Å². The van der Waals surface area contributed by atoms with Crippen LogP contribution in [-0.2, 0) is 9.53 Å². The third-order valence-corrected chi connectivity index (χ3v) is 5.91. The van der Waals surface area contributed by atoms with Crippen LogP contribution in [0.1, 0.15) is 37.2 Å². The van der Waals surface area contributed by atoms with Crippen LogP contribution in [0.4, 0.5) is 0 Å². The Morgan fingerprint density at radius 2 is 2.09 bits per heavy atom. The summed E-state index contributed by atoms with van der Waals surface area (Å²) >= 11 is 6.09. The predicted molar refractivity (Wildman–Crippen MR) is 89.4 cm³/mol. The lowest BCUT2D eigenvalue weighted by Gasteiger charge is -2.45. The molecule has 2 heterocycles. The molecular formula is C18H23ClN2O2. The van der Waals surface area contributed by atoms with E-state index in [1.165, 1.54) is 5.56 Å². The van der Waals surface area contributed by atoms with E-state index in [9.17, 15) is 4.79 Å². The van der Waals surface area contributed by atoms with E-state index in [0.717, 1.165) is 50.4 Å². The highest BCUT2D eigenvalue weighted by atomic mass is 35.5. The van der Waals surface area contributed by atoms with E-state index >= 15 is 0 Å². The third kappa shape index (κ3) is 3.00. The van der Waals surface area contributed by atoms with Gasteiger partial charge >= 0.3 is 0 Å². The molecule has 0 unspecified atom stereocenters. The molecule has 1 amide bonds. The smallest absolute Gasteiger partial charge is 0.225 e. The second-order valence-corrected chi connectivity index (χ2v) is 7.65. The monoisotopic (exact) mass is 334 g/mol. The van der Waals surface area contributed by atoms with E-state index < -0.39 is 0 Å². The Balaban J connectivity index is 1.30. The number of rotatable bonds is 2. The van der Waals surface area contributed by atoms with Crippen LogP contribution in [0, 0.1) is 5.92 Å².